The van der Waals surface area contributed by atoms with Crippen molar-refractivity contribution in [2.24, 2.45) is 0 Å². The third-order valence-electron chi connectivity index (χ3n) is 4.02. The summed E-state index contributed by atoms with van der Waals surface area (Å²) in [6.45, 7) is 1.84. The molecule has 80 valence electrons. The summed E-state index contributed by atoms with van der Waals surface area (Å²) in [6.07, 6.45) is 4.85. The van der Waals surface area contributed by atoms with Crippen molar-refractivity contribution in [2.45, 2.75) is 31.1 Å². The van der Waals surface area contributed by atoms with Crippen LogP contribution in [0.2, 0.25) is 0 Å². The van der Waals surface area contributed by atoms with Crippen molar-refractivity contribution in [3.63, 3.8) is 0 Å². The number of benzene rings is 1. The van der Waals surface area contributed by atoms with Gasteiger partial charge in [-0.1, -0.05) is 6.07 Å². The number of nitrogens with two attached hydrogens (primary N) is 1. The van der Waals surface area contributed by atoms with Crippen LogP contribution in [0.25, 0.3) is 0 Å². The Morgan fingerprint density at radius 3 is 2.73 bits per heavy atom. The van der Waals surface area contributed by atoms with E-state index in [0.717, 1.165) is 18.9 Å². The predicted octanol–water partition coefficient (Wildman–Crippen LogP) is 2.26. The molecule has 2 nitrogen and oxygen atoms in total. The van der Waals surface area contributed by atoms with Crippen LogP contribution in [-0.2, 0) is 16.6 Å². The first-order chi connectivity index (χ1) is 7.30. The molecular formula is C13H17NO. The molecule has 0 radical (unpaired) electrons. The molecular weight excluding hydrogens is 186 g/mol. The summed E-state index contributed by atoms with van der Waals surface area (Å²) < 4.78 is 5.47. The Kier molecular flexibility index (Phi) is 1.99. The predicted molar refractivity (Wildman–Crippen MR) is 60.9 cm³/mol. The van der Waals surface area contributed by atoms with E-state index in [2.05, 4.69) is 12.1 Å². The number of rotatable bonds is 0. The highest BCUT2D eigenvalue weighted by molar-refractivity contribution is 5.50. The Bertz CT molecular complexity index is 380. The topological polar surface area (TPSA) is 35.2 Å². The second kappa shape index (κ2) is 3.24. The summed E-state index contributed by atoms with van der Waals surface area (Å²) in [4.78, 5) is 0. The van der Waals surface area contributed by atoms with Crippen molar-refractivity contribution < 1.29 is 4.74 Å². The van der Waals surface area contributed by atoms with Gasteiger partial charge in [-0.2, -0.15) is 0 Å². The van der Waals surface area contributed by atoms with Gasteiger partial charge in [0.2, 0.25) is 0 Å². The standard InChI is InChI=1S/C13H17NO/c14-11-1-2-12-10(9-11)3-4-13(12)5-7-15-8-6-13/h1-2,9H,3-8,14H2. The van der Waals surface area contributed by atoms with Crippen LogP contribution in [0.15, 0.2) is 18.2 Å². The van der Waals surface area contributed by atoms with Gasteiger partial charge in [0.1, 0.15) is 0 Å². The Morgan fingerprint density at radius 1 is 1.13 bits per heavy atom. The molecule has 1 aromatic rings. The summed E-state index contributed by atoms with van der Waals surface area (Å²) in [7, 11) is 0. The van der Waals surface area contributed by atoms with Crippen LogP contribution in [0.3, 0.4) is 0 Å². The first-order valence-corrected chi connectivity index (χ1v) is 5.77. The van der Waals surface area contributed by atoms with Crippen molar-refractivity contribution in [1.82, 2.24) is 0 Å². The smallest absolute Gasteiger partial charge is 0.0474 e. The Hall–Kier alpha value is -1.02. The third-order valence-corrected chi connectivity index (χ3v) is 4.02. The van der Waals surface area contributed by atoms with E-state index in [0.29, 0.717) is 5.41 Å². The Labute approximate surface area is 90.4 Å². The molecule has 1 aliphatic carbocycles. The maximum absolute atomic E-state index is 5.82. The Morgan fingerprint density at radius 2 is 1.93 bits per heavy atom. The summed E-state index contributed by atoms with van der Waals surface area (Å²) >= 11 is 0. The monoisotopic (exact) mass is 203 g/mol. The van der Waals surface area contributed by atoms with Crippen LogP contribution in [0.5, 0.6) is 0 Å². The highest BCUT2D eigenvalue weighted by atomic mass is 16.5. The largest absolute Gasteiger partial charge is 0.399 e. The number of ether oxygens (including phenoxy) is 1. The molecule has 3 rings (SSSR count). The molecule has 15 heavy (non-hydrogen) atoms. The molecule has 1 spiro atoms. The first-order valence-electron chi connectivity index (χ1n) is 5.77. The molecule has 0 saturated carbocycles. The van der Waals surface area contributed by atoms with Crippen LogP contribution >= 0.6 is 0 Å². The highest BCUT2D eigenvalue weighted by Crippen LogP contribution is 2.46. The zero-order valence-corrected chi connectivity index (χ0v) is 8.96. The summed E-state index contributed by atoms with van der Waals surface area (Å²) in [6, 6.07) is 6.43. The Balaban J connectivity index is 2.03. The number of anilines is 1. The average molecular weight is 203 g/mol. The molecule has 1 aromatic carbocycles. The van der Waals surface area contributed by atoms with Gasteiger partial charge in [-0.05, 0) is 48.9 Å². The lowest BCUT2D eigenvalue weighted by Crippen LogP contribution is -2.31. The van der Waals surface area contributed by atoms with E-state index >= 15 is 0 Å². The lowest BCUT2D eigenvalue weighted by atomic mass is 9.75. The maximum atomic E-state index is 5.82. The second-order valence-corrected chi connectivity index (χ2v) is 4.81. The van der Waals surface area contributed by atoms with Gasteiger partial charge in [0.05, 0.1) is 0 Å². The molecule has 1 saturated heterocycles. The molecule has 0 aromatic heterocycles. The fourth-order valence-electron chi connectivity index (χ4n) is 3.13. The number of hydrogen-bond acceptors (Lipinski definition) is 2. The van der Waals surface area contributed by atoms with E-state index in [-0.39, 0.29) is 0 Å². The van der Waals surface area contributed by atoms with Crippen LogP contribution < -0.4 is 5.73 Å². The van der Waals surface area contributed by atoms with Gasteiger partial charge in [0.15, 0.2) is 0 Å². The molecule has 2 N–H and O–H groups in total. The normalized spacial score (nSPS) is 22.9. The van der Waals surface area contributed by atoms with E-state index in [9.17, 15) is 0 Å². The van der Waals surface area contributed by atoms with Crippen LogP contribution in [0.1, 0.15) is 30.4 Å². The summed E-state index contributed by atoms with van der Waals surface area (Å²) in [5.74, 6) is 0. The molecule has 2 aliphatic rings. The fraction of sp³-hybridized carbons (Fsp3) is 0.538. The first kappa shape index (κ1) is 9.22. The summed E-state index contributed by atoms with van der Waals surface area (Å²) in [5.41, 5.74) is 10.2. The average Bonchev–Trinajstić information content (AvgIpc) is 2.58. The minimum Gasteiger partial charge on any atom is -0.399 e. The van der Waals surface area contributed by atoms with Gasteiger partial charge in [-0.25, -0.2) is 0 Å². The summed E-state index contributed by atoms with van der Waals surface area (Å²) in [5, 5.41) is 0. The second-order valence-electron chi connectivity index (χ2n) is 4.81. The molecule has 2 heteroatoms. The van der Waals surface area contributed by atoms with Gasteiger partial charge < -0.3 is 10.5 Å². The molecule has 0 atom stereocenters. The fourth-order valence-corrected chi connectivity index (χ4v) is 3.13. The minimum absolute atomic E-state index is 0.418. The van der Waals surface area contributed by atoms with Crippen LogP contribution in [-0.4, -0.2) is 13.2 Å². The zero-order valence-electron chi connectivity index (χ0n) is 8.96. The molecule has 0 amide bonds. The van der Waals surface area contributed by atoms with E-state index in [4.69, 9.17) is 10.5 Å². The molecule has 1 aliphatic heterocycles. The lowest BCUT2D eigenvalue weighted by molar-refractivity contribution is 0.0506. The van der Waals surface area contributed by atoms with Gasteiger partial charge in [-0.15, -0.1) is 0 Å². The molecule has 1 fully saturated rings. The van der Waals surface area contributed by atoms with Gasteiger partial charge in [0, 0.05) is 24.3 Å². The highest BCUT2D eigenvalue weighted by Gasteiger charge is 2.39. The molecule has 0 bridgehead atoms. The van der Waals surface area contributed by atoms with Gasteiger partial charge in [0.25, 0.3) is 0 Å². The van der Waals surface area contributed by atoms with Crippen molar-refractivity contribution in [1.29, 1.82) is 0 Å². The molecule has 1 heterocycles. The van der Waals surface area contributed by atoms with E-state index < -0.39 is 0 Å². The van der Waals surface area contributed by atoms with E-state index in [1.165, 1.54) is 31.2 Å². The lowest BCUT2D eigenvalue weighted by Gasteiger charge is -2.34. The van der Waals surface area contributed by atoms with Crippen LogP contribution in [0.4, 0.5) is 5.69 Å². The van der Waals surface area contributed by atoms with Crippen molar-refractivity contribution >= 4 is 5.69 Å². The number of fused-ring (bicyclic) bond motifs is 2. The minimum atomic E-state index is 0.418. The number of hydrogen-bond donors (Lipinski definition) is 1. The van der Waals surface area contributed by atoms with E-state index in [1.807, 2.05) is 6.07 Å². The quantitative estimate of drug-likeness (QED) is 0.656. The van der Waals surface area contributed by atoms with Crippen molar-refractivity contribution in [2.75, 3.05) is 18.9 Å². The maximum Gasteiger partial charge on any atom is 0.0474 e. The van der Waals surface area contributed by atoms with Crippen molar-refractivity contribution in [3.05, 3.63) is 29.3 Å². The van der Waals surface area contributed by atoms with Gasteiger partial charge >= 0.3 is 0 Å². The number of nitrogen functional groups attached to an aromatic ring is 1. The van der Waals surface area contributed by atoms with E-state index in [1.54, 1.807) is 5.56 Å². The van der Waals surface area contributed by atoms with Gasteiger partial charge in [-0.3, -0.25) is 0 Å². The molecule has 0 unspecified atom stereocenters. The zero-order chi connectivity index (χ0) is 10.3. The van der Waals surface area contributed by atoms with Crippen LogP contribution in [0, 0.1) is 0 Å². The third kappa shape index (κ3) is 1.36. The number of aryl methyl sites for hydroxylation is 1. The SMILES string of the molecule is Nc1ccc2c(c1)CCC21CCOCC1. The van der Waals surface area contributed by atoms with Crippen molar-refractivity contribution in [3.8, 4) is 0 Å².